The molecule has 0 N–H and O–H groups in total. The number of carbonyl (C=O) groups is 1. The molecule has 27 heavy (non-hydrogen) atoms. The van der Waals surface area contributed by atoms with Crippen LogP contribution in [0.1, 0.15) is 40.0 Å². The second-order valence-corrected chi connectivity index (χ2v) is 9.01. The Morgan fingerprint density at radius 2 is 1.67 bits per heavy atom. The summed E-state index contributed by atoms with van der Waals surface area (Å²) in [6.45, 7) is 0. The van der Waals surface area contributed by atoms with Gasteiger partial charge in [0.2, 0.25) is 0 Å². The molecule has 0 saturated carbocycles. The number of carbonyl (C=O) groups excluding carboxylic acids is 1. The van der Waals surface area contributed by atoms with E-state index < -0.39 is 19.2 Å². The lowest BCUT2D eigenvalue weighted by atomic mass is 9.88. The van der Waals surface area contributed by atoms with Crippen molar-refractivity contribution in [3.8, 4) is 5.75 Å². The molecule has 2 atom stereocenters. The van der Waals surface area contributed by atoms with Crippen LogP contribution in [-0.4, -0.2) is 27.1 Å². The first kappa shape index (κ1) is 19.8. The van der Waals surface area contributed by atoms with E-state index in [0.717, 1.165) is 24.0 Å². The molecule has 3 rings (SSSR count). The highest BCUT2D eigenvalue weighted by Gasteiger charge is 2.45. The van der Waals surface area contributed by atoms with Crippen LogP contribution in [0.25, 0.3) is 0 Å². The molecular weight excluding hydrogens is 363 g/mol. The van der Waals surface area contributed by atoms with Crippen LogP contribution >= 0.6 is 7.60 Å². The van der Waals surface area contributed by atoms with Gasteiger partial charge < -0.3 is 13.8 Å². The largest absolute Gasteiger partial charge is 0.497 e. The second kappa shape index (κ2) is 8.39. The molecule has 0 aromatic heterocycles. The summed E-state index contributed by atoms with van der Waals surface area (Å²) in [5, 5.41) is 0. The van der Waals surface area contributed by atoms with Crippen molar-refractivity contribution in [3.05, 3.63) is 65.2 Å². The fourth-order valence-electron chi connectivity index (χ4n) is 3.86. The molecular formula is C21H25O5P. The molecule has 2 aromatic rings. The number of Topliss-reactive ketones (excluding diaryl/α,β-unsaturated/α-hetero) is 1. The summed E-state index contributed by atoms with van der Waals surface area (Å²) in [6, 6.07) is 14.9. The van der Waals surface area contributed by atoms with Crippen molar-refractivity contribution in [2.45, 2.75) is 24.9 Å². The van der Waals surface area contributed by atoms with Crippen LogP contribution in [0, 0.1) is 5.92 Å². The van der Waals surface area contributed by atoms with E-state index in [1.165, 1.54) is 14.2 Å². The Hall–Kier alpha value is -1.94. The maximum Gasteiger partial charge on any atom is 0.338 e. The number of methoxy groups -OCH3 is 1. The minimum Gasteiger partial charge on any atom is -0.497 e. The molecule has 0 aliphatic heterocycles. The zero-order valence-corrected chi connectivity index (χ0v) is 16.8. The average molecular weight is 388 g/mol. The Balaban J connectivity index is 2.09. The standard InChI is InChI=1S/C21H25O5P/c1-24-17-13-11-16(12-14-17)21(27(23,25-2)26-3)19-10-6-8-15-7-4-5-9-18(15)20(19)22/h4-5,7,9,11-14,19,21H,6,8,10H2,1-3H3. The Bertz CT molecular complexity index is 838. The molecule has 0 radical (unpaired) electrons. The highest BCUT2D eigenvalue weighted by atomic mass is 31.2. The number of rotatable bonds is 6. The second-order valence-electron chi connectivity index (χ2n) is 6.64. The van der Waals surface area contributed by atoms with Gasteiger partial charge in [0.15, 0.2) is 5.78 Å². The first-order chi connectivity index (χ1) is 13.0. The van der Waals surface area contributed by atoms with E-state index in [4.69, 9.17) is 13.8 Å². The van der Waals surface area contributed by atoms with Crippen LogP contribution in [0.15, 0.2) is 48.5 Å². The SMILES string of the molecule is COc1ccc(C(C2CCCc3ccccc3C2=O)P(=O)(OC)OC)cc1. The Kier molecular flexibility index (Phi) is 6.15. The molecule has 5 nitrogen and oxygen atoms in total. The van der Waals surface area contributed by atoms with Gasteiger partial charge in [0.25, 0.3) is 0 Å². The third kappa shape index (κ3) is 3.86. The van der Waals surface area contributed by atoms with Gasteiger partial charge in [-0.2, -0.15) is 0 Å². The molecule has 1 aliphatic carbocycles. The monoisotopic (exact) mass is 388 g/mol. The minimum absolute atomic E-state index is 0.00163. The molecule has 6 heteroatoms. The third-order valence-corrected chi connectivity index (χ3v) is 7.63. The number of ketones is 1. The van der Waals surface area contributed by atoms with E-state index in [1.807, 2.05) is 36.4 Å². The predicted molar refractivity (Wildman–Crippen MR) is 105 cm³/mol. The summed E-state index contributed by atoms with van der Waals surface area (Å²) in [4.78, 5) is 13.4. The quantitative estimate of drug-likeness (QED) is 0.511. The summed E-state index contributed by atoms with van der Waals surface area (Å²) in [6.07, 6.45) is 2.30. The van der Waals surface area contributed by atoms with Crippen molar-refractivity contribution >= 4 is 13.4 Å². The summed E-state index contributed by atoms with van der Waals surface area (Å²) in [5.74, 6) is 0.214. The summed E-state index contributed by atoms with van der Waals surface area (Å²) in [7, 11) is 0.797. The lowest BCUT2D eigenvalue weighted by Gasteiger charge is -2.30. The smallest absolute Gasteiger partial charge is 0.338 e. The molecule has 0 heterocycles. The summed E-state index contributed by atoms with van der Waals surface area (Å²) < 4.78 is 29.3. The van der Waals surface area contributed by atoms with Crippen molar-refractivity contribution in [2.75, 3.05) is 21.3 Å². The van der Waals surface area contributed by atoms with Gasteiger partial charge in [-0.3, -0.25) is 9.36 Å². The van der Waals surface area contributed by atoms with Crippen molar-refractivity contribution in [1.29, 1.82) is 0 Å². The fourth-order valence-corrected chi connectivity index (χ4v) is 5.73. The van der Waals surface area contributed by atoms with Crippen LogP contribution in [0.4, 0.5) is 0 Å². The first-order valence-corrected chi connectivity index (χ1v) is 10.6. The van der Waals surface area contributed by atoms with Gasteiger partial charge in [0.05, 0.1) is 12.8 Å². The van der Waals surface area contributed by atoms with Crippen molar-refractivity contribution in [3.63, 3.8) is 0 Å². The third-order valence-electron chi connectivity index (χ3n) is 5.27. The van der Waals surface area contributed by atoms with Crippen LogP contribution < -0.4 is 4.74 Å². The Morgan fingerprint density at radius 3 is 2.30 bits per heavy atom. The summed E-state index contributed by atoms with van der Waals surface area (Å²) in [5.41, 5.74) is 1.83. The first-order valence-electron chi connectivity index (χ1n) is 9.01. The van der Waals surface area contributed by atoms with Crippen LogP contribution in [0.5, 0.6) is 5.75 Å². The molecule has 0 amide bonds. The molecule has 0 fully saturated rings. The van der Waals surface area contributed by atoms with Crippen LogP contribution in [0.2, 0.25) is 0 Å². The van der Waals surface area contributed by atoms with Crippen molar-refractivity contribution in [1.82, 2.24) is 0 Å². The number of hydrogen-bond donors (Lipinski definition) is 0. The van der Waals surface area contributed by atoms with E-state index >= 15 is 0 Å². The molecule has 2 aromatic carbocycles. The number of ether oxygens (including phenoxy) is 1. The number of benzene rings is 2. The Labute approximate surface area is 160 Å². The zero-order valence-electron chi connectivity index (χ0n) is 15.9. The number of aryl methyl sites for hydroxylation is 1. The van der Waals surface area contributed by atoms with E-state index in [2.05, 4.69) is 0 Å². The topological polar surface area (TPSA) is 61.8 Å². The van der Waals surface area contributed by atoms with E-state index in [0.29, 0.717) is 17.7 Å². The molecule has 0 bridgehead atoms. The van der Waals surface area contributed by atoms with Gasteiger partial charge in [-0.1, -0.05) is 36.4 Å². The zero-order chi connectivity index (χ0) is 19.4. The average Bonchev–Trinajstić information content (AvgIpc) is 2.88. The Morgan fingerprint density at radius 1 is 1.00 bits per heavy atom. The number of fused-ring (bicyclic) bond motifs is 1. The maximum atomic E-state index is 13.4. The maximum absolute atomic E-state index is 13.4. The minimum atomic E-state index is -3.54. The summed E-state index contributed by atoms with van der Waals surface area (Å²) >= 11 is 0. The highest BCUT2D eigenvalue weighted by molar-refractivity contribution is 7.54. The molecule has 2 unspecified atom stereocenters. The molecule has 144 valence electrons. The van der Waals surface area contributed by atoms with Crippen molar-refractivity contribution < 1.29 is 23.1 Å². The van der Waals surface area contributed by atoms with Gasteiger partial charge in [-0.15, -0.1) is 0 Å². The van der Waals surface area contributed by atoms with Gasteiger partial charge in [-0.05, 0) is 42.5 Å². The number of hydrogen-bond acceptors (Lipinski definition) is 5. The van der Waals surface area contributed by atoms with Crippen LogP contribution in [-0.2, 0) is 20.0 Å². The van der Waals surface area contributed by atoms with Gasteiger partial charge in [-0.25, -0.2) is 0 Å². The molecule has 1 aliphatic rings. The van der Waals surface area contributed by atoms with Crippen molar-refractivity contribution in [2.24, 2.45) is 5.92 Å². The van der Waals surface area contributed by atoms with E-state index in [1.54, 1.807) is 19.2 Å². The molecule has 0 spiro atoms. The lowest BCUT2D eigenvalue weighted by Crippen LogP contribution is -2.23. The fraction of sp³-hybridized carbons (Fsp3) is 0.381. The normalized spacial score (nSPS) is 18.5. The lowest BCUT2D eigenvalue weighted by molar-refractivity contribution is 0.0901. The molecule has 0 saturated heterocycles. The van der Waals surface area contributed by atoms with E-state index in [9.17, 15) is 9.36 Å². The van der Waals surface area contributed by atoms with E-state index in [-0.39, 0.29) is 5.78 Å². The van der Waals surface area contributed by atoms with Gasteiger partial charge >= 0.3 is 7.60 Å². The highest BCUT2D eigenvalue weighted by Crippen LogP contribution is 2.64. The van der Waals surface area contributed by atoms with Gasteiger partial charge in [0, 0.05) is 25.7 Å². The van der Waals surface area contributed by atoms with Gasteiger partial charge in [0.1, 0.15) is 5.75 Å². The van der Waals surface area contributed by atoms with Crippen LogP contribution in [0.3, 0.4) is 0 Å². The predicted octanol–water partition coefficient (Wildman–Crippen LogP) is 5.06.